The first-order valence-corrected chi connectivity index (χ1v) is 10.5. The molecule has 3 atom stereocenters. The van der Waals surface area contributed by atoms with Gasteiger partial charge in [0.25, 0.3) is 0 Å². The first kappa shape index (κ1) is 24.5. The number of alkyl carbamates (subject to hydrolysis) is 1. The molecule has 0 radical (unpaired) electrons. The van der Waals surface area contributed by atoms with Crippen molar-refractivity contribution in [3.05, 3.63) is 70.5 Å². The molecule has 2 N–H and O–H groups in total. The average molecular weight is 466 g/mol. The second-order valence-corrected chi connectivity index (χ2v) is 9.09. The van der Waals surface area contributed by atoms with Crippen molar-refractivity contribution in [1.29, 1.82) is 0 Å². The fraction of sp³-hybridized carbons (Fsp3) is 0.417. The van der Waals surface area contributed by atoms with Gasteiger partial charge in [-0.3, -0.25) is 4.79 Å². The molecule has 0 heterocycles. The second-order valence-electron chi connectivity index (χ2n) is 9.09. The van der Waals surface area contributed by atoms with Crippen LogP contribution in [0.1, 0.15) is 61.9 Å². The average Bonchev–Trinajstić information content (AvgIpc) is 3.02. The molecule has 0 aliphatic heterocycles. The molecule has 0 aromatic heterocycles. The molecule has 9 heteroatoms. The quantitative estimate of drug-likeness (QED) is 0.605. The zero-order chi connectivity index (χ0) is 24.6. The van der Waals surface area contributed by atoms with Gasteiger partial charge in [-0.1, -0.05) is 30.3 Å². The van der Waals surface area contributed by atoms with Crippen molar-refractivity contribution in [1.82, 2.24) is 10.6 Å². The maximum atomic E-state index is 13.5. The number of rotatable bonds is 4. The number of benzene rings is 2. The third kappa shape index (κ3) is 5.83. The Morgan fingerprint density at radius 2 is 1.73 bits per heavy atom. The van der Waals surface area contributed by atoms with Crippen LogP contribution in [0.4, 0.5) is 22.4 Å². The summed E-state index contributed by atoms with van der Waals surface area (Å²) >= 11 is 0. The number of carbonyl (C=O) groups is 2. The Hall–Kier alpha value is -3.10. The maximum absolute atomic E-state index is 13.5. The minimum atomic E-state index is -4.81. The number of fused-ring (bicyclic) bond motifs is 1. The van der Waals surface area contributed by atoms with Gasteiger partial charge in [0.2, 0.25) is 5.91 Å². The van der Waals surface area contributed by atoms with E-state index in [1.807, 2.05) is 18.2 Å². The number of amides is 2. The molecule has 178 valence electrons. The monoisotopic (exact) mass is 466 g/mol. The maximum Gasteiger partial charge on any atom is 0.416 e. The van der Waals surface area contributed by atoms with Crippen molar-refractivity contribution < 1.29 is 31.9 Å². The first-order chi connectivity index (χ1) is 15.3. The molecule has 0 saturated carbocycles. The van der Waals surface area contributed by atoms with Gasteiger partial charge in [-0.25, -0.2) is 9.18 Å². The van der Waals surface area contributed by atoms with Crippen molar-refractivity contribution in [2.45, 2.75) is 63.9 Å². The van der Waals surface area contributed by atoms with Crippen LogP contribution in [-0.4, -0.2) is 23.6 Å². The van der Waals surface area contributed by atoms with E-state index in [9.17, 15) is 27.2 Å². The minimum Gasteiger partial charge on any atom is -0.444 e. The van der Waals surface area contributed by atoms with E-state index >= 15 is 0 Å². The summed E-state index contributed by atoms with van der Waals surface area (Å²) in [5.41, 5.74) is -0.559. The van der Waals surface area contributed by atoms with Gasteiger partial charge < -0.3 is 15.4 Å². The van der Waals surface area contributed by atoms with Gasteiger partial charge in [0.15, 0.2) is 0 Å². The normalized spacial score (nSPS) is 18.9. The van der Waals surface area contributed by atoms with Crippen LogP contribution >= 0.6 is 0 Å². The third-order valence-electron chi connectivity index (χ3n) is 5.41. The van der Waals surface area contributed by atoms with Crippen LogP contribution in [0.15, 0.2) is 42.5 Å². The Bertz CT molecular complexity index is 1050. The Labute approximate surface area is 189 Å². The summed E-state index contributed by atoms with van der Waals surface area (Å²) in [5, 5.41) is 5.53. The largest absolute Gasteiger partial charge is 0.444 e. The van der Waals surface area contributed by atoms with Crippen molar-refractivity contribution in [3.63, 3.8) is 0 Å². The number of hydrogen-bond acceptors (Lipinski definition) is 3. The Balaban J connectivity index is 1.83. The van der Waals surface area contributed by atoms with Crippen molar-refractivity contribution in [2.75, 3.05) is 0 Å². The Kier molecular flexibility index (Phi) is 6.72. The molecule has 0 saturated heterocycles. The number of ether oxygens (including phenoxy) is 1. The zero-order valence-electron chi connectivity index (χ0n) is 18.7. The number of carbonyl (C=O) groups excluding carboxylic acids is 2. The molecule has 3 rings (SSSR count). The van der Waals surface area contributed by atoms with E-state index in [2.05, 4.69) is 10.6 Å². The Morgan fingerprint density at radius 3 is 2.36 bits per heavy atom. The highest BCUT2D eigenvalue weighted by atomic mass is 19.4. The van der Waals surface area contributed by atoms with Crippen LogP contribution in [0.25, 0.3) is 0 Å². The standard InChI is InChI=1S/C24H26F4N2O3/c1-13(16-10-9-15(25)12-18(16)24(26,27)28)21(31)29-19-11-14-7-5-6-8-17(14)20(19)30-22(32)33-23(2,3)4/h5-10,12-13,19-20H,11H2,1-4H3,(H,29,31)(H,30,32)/t13?,19-,20?/m0/s1. The lowest BCUT2D eigenvalue weighted by Crippen LogP contribution is -2.46. The highest BCUT2D eigenvalue weighted by Crippen LogP contribution is 2.37. The molecule has 0 spiro atoms. The molecule has 33 heavy (non-hydrogen) atoms. The van der Waals surface area contributed by atoms with Crippen LogP contribution in [0.2, 0.25) is 0 Å². The van der Waals surface area contributed by atoms with Crippen molar-refractivity contribution in [2.24, 2.45) is 0 Å². The smallest absolute Gasteiger partial charge is 0.416 e. The van der Waals surface area contributed by atoms with E-state index < -0.39 is 53.2 Å². The minimum absolute atomic E-state index is 0.325. The Morgan fingerprint density at radius 1 is 1.06 bits per heavy atom. The van der Waals surface area contributed by atoms with Gasteiger partial charge in [-0.2, -0.15) is 13.2 Å². The van der Waals surface area contributed by atoms with Gasteiger partial charge in [-0.15, -0.1) is 0 Å². The van der Waals surface area contributed by atoms with E-state index in [1.165, 1.54) is 6.92 Å². The summed E-state index contributed by atoms with van der Waals surface area (Å²) in [6.07, 6.45) is -5.10. The molecule has 0 bridgehead atoms. The number of hydrogen-bond donors (Lipinski definition) is 2. The predicted molar refractivity (Wildman–Crippen MR) is 114 cm³/mol. The molecule has 1 aliphatic rings. The summed E-state index contributed by atoms with van der Waals surface area (Å²) < 4.78 is 59.0. The van der Waals surface area contributed by atoms with E-state index in [-0.39, 0.29) is 5.56 Å². The lowest BCUT2D eigenvalue weighted by molar-refractivity contribution is -0.138. The molecular formula is C24H26F4N2O3. The highest BCUT2D eigenvalue weighted by Gasteiger charge is 2.39. The van der Waals surface area contributed by atoms with E-state index in [1.54, 1.807) is 26.8 Å². The summed E-state index contributed by atoms with van der Waals surface area (Å²) in [6, 6.07) is 8.33. The van der Waals surface area contributed by atoms with Gasteiger partial charge >= 0.3 is 12.3 Å². The number of nitrogens with one attached hydrogen (secondary N) is 2. The highest BCUT2D eigenvalue weighted by molar-refractivity contribution is 5.84. The van der Waals surface area contributed by atoms with Crippen LogP contribution in [0, 0.1) is 5.82 Å². The molecule has 2 aromatic rings. The summed E-state index contributed by atoms with van der Waals surface area (Å²) in [5.74, 6) is -2.90. The first-order valence-electron chi connectivity index (χ1n) is 10.5. The molecular weight excluding hydrogens is 440 g/mol. The van der Waals surface area contributed by atoms with E-state index in [0.717, 1.165) is 23.3 Å². The molecule has 2 unspecified atom stereocenters. The fourth-order valence-corrected chi connectivity index (χ4v) is 3.94. The van der Waals surface area contributed by atoms with Gasteiger partial charge in [0.1, 0.15) is 11.4 Å². The molecule has 0 fully saturated rings. The lowest BCUT2D eigenvalue weighted by Gasteiger charge is -2.27. The molecule has 1 aliphatic carbocycles. The van der Waals surface area contributed by atoms with Crippen molar-refractivity contribution in [3.8, 4) is 0 Å². The lowest BCUT2D eigenvalue weighted by atomic mass is 9.94. The van der Waals surface area contributed by atoms with Gasteiger partial charge in [0.05, 0.1) is 23.6 Å². The fourth-order valence-electron chi connectivity index (χ4n) is 3.94. The summed E-state index contributed by atoms with van der Waals surface area (Å²) in [7, 11) is 0. The number of alkyl halides is 3. The van der Waals surface area contributed by atoms with Gasteiger partial charge in [0, 0.05) is 0 Å². The topological polar surface area (TPSA) is 67.4 Å². The van der Waals surface area contributed by atoms with Gasteiger partial charge in [-0.05, 0) is 62.9 Å². The van der Waals surface area contributed by atoms with Crippen molar-refractivity contribution >= 4 is 12.0 Å². The van der Waals surface area contributed by atoms with Crippen LogP contribution < -0.4 is 10.6 Å². The zero-order valence-corrected chi connectivity index (χ0v) is 18.7. The van der Waals surface area contributed by atoms with Crippen LogP contribution in [-0.2, 0) is 22.1 Å². The second kappa shape index (κ2) is 9.03. The molecule has 2 aromatic carbocycles. The van der Waals surface area contributed by atoms with Crippen LogP contribution in [0.5, 0.6) is 0 Å². The summed E-state index contributed by atoms with van der Waals surface area (Å²) in [6.45, 7) is 6.49. The third-order valence-corrected chi connectivity index (χ3v) is 5.41. The summed E-state index contributed by atoms with van der Waals surface area (Å²) in [4.78, 5) is 25.4. The SMILES string of the molecule is CC(C(=O)N[C@H]1Cc2ccccc2C1NC(=O)OC(C)(C)C)c1ccc(F)cc1C(F)(F)F. The molecule has 2 amide bonds. The molecule has 5 nitrogen and oxygen atoms in total. The predicted octanol–water partition coefficient (Wildman–Crippen LogP) is 5.25. The van der Waals surface area contributed by atoms with Crippen LogP contribution in [0.3, 0.4) is 0 Å². The van der Waals surface area contributed by atoms with E-state index in [4.69, 9.17) is 4.74 Å². The van der Waals surface area contributed by atoms with E-state index in [0.29, 0.717) is 12.5 Å². The number of halogens is 4.